The molecule has 1 aromatic carbocycles. The molecule has 0 aliphatic carbocycles. The van der Waals surface area contributed by atoms with E-state index in [0.29, 0.717) is 0 Å². The number of nitrogens with one attached hydrogen (secondary N) is 1. The summed E-state index contributed by atoms with van der Waals surface area (Å²) in [5, 5.41) is 21.6. The molecule has 21 heavy (non-hydrogen) atoms. The number of hydrogen-bond donors (Lipinski definition) is 3. The summed E-state index contributed by atoms with van der Waals surface area (Å²) in [4.78, 5) is 24.2. The average molecular weight is 354 g/mol. The fourth-order valence-corrected chi connectivity index (χ4v) is 2.67. The largest absolute Gasteiger partial charge is 0.480 e. The number of nitrogens with zero attached hydrogens (tertiary/aromatic N) is 1. The second kappa shape index (κ2) is 6.27. The van der Waals surface area contributed by atoms with Gasteiger partial charge in [-0.15, -0.1) is 0 Å². The smallest absolute Gasteiger partial charge is 0.326 e. The van der Waals surface area contributed by atoms with Gasteiger partial charge in [-0.3, -0.25) is 0 Å². The third-order valence-corrected chi connectivity index (χ3v) is 4.11. The summed E-state index contributed by atoms with van der Waals surface area (Å²) in [5.74, 6) is -1.18. The van der Waals surface area contributed by atoms with E-state index in [-0.39, 0.29) is 33.7 Å². The van der Waals surface area contributed by atoms with E-state index in [9.17, 15) is 14.7 Å². The molecule has 1 aliphatic heterocycles. The minimum Gasteiger partial charge on any atom is -0.480 e. The number of likely N-dealkylation sites (tertiary alicyclic amines) is 1. The molecule has 2 unspecified atom stereocenters. The molecule has 3 N–H and O–H groups in total. The van der Waals surface area contributed by atoms with Gasteiger partial charge in [0.25, 0.3) is 0 Å². The van der Waals surface area contributed by atoms with Gasteiger partial charge >= 0.3 is 12.0 Å². The van der Waals surface area contributed by atoms with Gasteiger partial charge in [0.15, 0.2) is 0 Å². The van der Waals surface area contributed by atoms with Crippen molar-refractivity contribution in [3.63, 3.8) is 0 Å². The molecular formula is C12H11Cl3N2O4. The van der Waals surface area contributed by atoms with E-state index in [1.807, 2.05) is 0 Å². The predicted molar refractivity (Wildman–Crippen MR) is 79.2 cm³/mol. The minimum absolute atomic E-state index is 0.0160. The van der Waals surface area contributed by atoms with E-state index in [2.05, 4.69) is 5.32 Å². The number of carbonyl (C=O) groups is 2. The van der Waals surface area contributed by atoms with Gasteiger partial charge in [-0.25, -0.2) is 9.59 Å². The maximum absolute atomic E-state index is 12.1. The zero-order chi connectivity index (χ0) is 15.7. The van der Waals surface area contributed by atoms with Crippen molar-refractivity contribution in [2.45, 2.75) is 18.6 Å². The molecule has 1 aliphatic rings. The molecule has 0 spiro atoms. The summed E-state index contributed by atoms with van der Waals surface area (Å²) in [5.41, 5.74) is 0.210. The Labute approximate surface area is 135 Å². The number of aliphatic hydroxyl groups is 1. The predicted octanol–water partition coefficient (Wildman–Crippen LogP) is 2.70. The van der Waals surface area contributed by atoms with Gasteiger partial charge < -0.3 is 20.4 Å². The normalized spacial score (nSPS) is 21.4. The van der Waals surface area contributed by atoms with Crippen LogP contribution in [-0.2, 0) is 4.79 Å². The first-order chi connectivity index (χ1) is 9.79. The lowest BCUT2D eigenvalue weighted by Gasteiger charge is -2.22. The fraction of sp³-hybridized carbons (Fsp3) is 0.333. The van der Waals surface area contributed by atoms with Crippen molar-refractivity contribution in [1.82, 2.24) is 4.90 Å². The second-order valence-electron chi connectivity index (χ2n) is 4.57. The highest BCUT2D eigenvalue weighted by molar-refractivity contribution is 6.44. The lowest BCUT2D eigenvalue weighted by atomic mass is 10.2. The van der Waals surface area contributed by atoms with E-state index in [0.717, 1.165) is 4.90 Å². The average Bonchev–Trinajstić information content (AvgIpc) is 2.78. The standard InChI is InChI=1S/C12H11Cl3N2O4/c13-6-2-8(15)9(3-7(6)14)16-12(21)17-4-5(18)1-10(17)11(19)20/h2-3,5,10,18H,1,4H2,(H,16,21)(H,19,20). The third kappa shape index (κ3) is 3.52. The molecule has 0 radical (unpaired) electrons. The number of benzene rings is 1. The maximum Gasteiger partial charge on any atom is 0.326 e. The van der Waals surface area contributed by atoms with E-state index in [1.165, 1.54) is 12.1 Å². The molecule has 2 amide bonds. The Balaban J connectivity index is 2.18. The Kier molecular flexibility index (Phi) is 4.83. The number of halogens is 3. The van der Waals surface area contributed by atoms with Crippen LogP contribution in [0, 0.1) is 0 Å². The minimum atomic E-state index is -1.18. The van der Waals surface area contributed by atoms with Gasteiger partial charge in [-0.1, -0.05) is 34.8 Å². The highest BCUT2D eigenvalue weighted by Crippen LogP contribution is 2.32. The van der Waals surface area contributed by atoms with E-state index in [1.54, 1.807) is 0 Å². The molecule has 0 saturated carbocycles. The highest BCUT2D eigenvalue weighted by atomic mass is 35.5. The molecule has 2 atom stereocenters. The molecule has 1 heterocycles. The van der Waals surface area contributed by atoms with Crippen molar-refractivity contribution >= 4 is 52.5 Å². The third-order valence-electron chi connectivity index (χ3n) is 3.08. The zero-order valence-corrected chi connectivity index (χ0v) is 12.8. The van der Waals surface area contributed by atoms with Crippen LogP contribution in [0.4, 0.5) is 10.5 Å². The summed E-state index contributed by atoms with van der Waals surface area (Å²) < 4.78 is 0. The first kappa shape index (κ1) is 16.2. The summed E-state index contributed by atoms with van der Waals surface area (Å²) in [6, 6.07) is 0.974. The van der Waals surface area contributed by atoms with Gasteiger partial charge in [-0.05, 0) is 12.1 Å². The van der Waals surface area contributed by atoms with Crippen LogP contribution < -0.4 is 5.32 Å². The number of carbonyl (C=O) groups excluding carboxylic acids is 1. The summed E-state index contributed by atoms with van der Waals surface area (Å²) in [7, 11) is 0. The molecule has 2 rings (SSSR count). The SMILES string of the molecule is O=C(O)C1CC(O)CN1C(=O)Nc1cc(Cl)c(Cl)cc1Cl. The molecule has 1 aromatic rings. The number of hydrogen-bond acceptors (Lipinski definition) is 3. The van der Waals surface area contributed by atoms with E-state index in [4.69, 9.17) is 39.9 Å². The van der Waals surface area contributed by atoms with Crippen LogP contribution >= 0.6 is 34.8 Å². The van der Waals surface area contributed by atoms with Crippen molar-refractivity contribution in [3.05, 3.63) is 27.2 Å². The Hall–Kier alpha value is -1.21. The maximum atomic E-state index is 12.1. The number of amides is 2. The van der Waals surface area contributed by atoms with Gasteiger partial charge in [0, 0.05) is 13.0 Å². The molecular weight excluding hydrogens is 343 g/mol. The van der Waals surface area contributed by atoms with Crippen molar-refractivity contribution < 1.29 is 19.8 Å². The highest BCUT2D eigenvalue weighted by Gasteiger charge is 2.39. The van der Waals surface area contributed by atoms with Crippen LogP contribution in [0.1, 0.15) is 6.42 Å². The lowest BCUT2D eigenvalue weighted by molar-refractivity contribution is -0.141. The number of aliphatic carboxylic acids is 1. The number of urea groups is 1. The Morgan fingerprint density at radius 3 is 2.43 bits per heavy atom. The Morgan fingerprint density at radius 2 is 1.81 bits per heavy atom. The van der Waals surface area contributed by atoms with Gasteiger partial charge in [0.05, 0.1) is 26.9 Å². The first-order valence-corrected chi connectivity index (χ1v) is 7.06. The quantitative estimate of drug-likeness (QED) is 0.713. The summed E-state index contributed by atoms with van der Waals surface area (Å²) >= 11 is 17.6. The van der Waals surface area contributed by atoms with Crippen LogP contribution in [-0.4, -0.2) is 45.8 Å². The number of aliphatic hydroxyl groups excluding tert-OH is 1. The molecule has 0 aromatic heterocycles. The summed E-state index contributed by atoms with van der Waals surface area (Å²) in [6.07, 6.45) is -0.890. The van der Waals surface area contributed by atoms with Crippen molar-refractivity contribution in [2.75, 3.05) is 11.9 Å². The molecule has 9 heteroatoms. The number of rotatable bonds is 2. The number of carboxylic acids is 1. The van der Waals surface area contributed by atoms with Crippen LogP contribution in [0.2, 0.25) is 15.1 Å². The Bertz CT molecular complexity index is 596. The topological polar surface area (TPSA) is 89.9 Å². The van der Waals surface area contributed by atoms with E-state index < -0.39 is 24.1 Å². The zero-order valence-electron chi connectivity index (χ0n) is 10.5. The van der Waals surface area contributed by atoms with Crippen molar-refractivity contribution in [1.29, 1.82) is 0 Å². The monoisotopic (exact) mass is 352 g/mol. The van der Waals surface area contributed by atoms with Crippen LogP contribution in [0.3, 0.4) is 0 Å². The van der Waals surface area contributed by atoms with Gasteiger partial charge in [-0.2, -0.15) is 0 Å². The number of anilines is 1. The molecule has 0 bridgehead atoms. The van der Waals surface area contributed by atoms with Crippen LogP contribution in [0.5, 0.6) is 0 Å². The number of carboxylic acid groups (broad SMARTS) is 1. The van der Waals surface area contributed by atoms with Crippen molar-refractivity contribution in [3.8, 4) is 0 Å². The second-order valence-corrected chi connectivity index (χ2v) is 5.79. The lowest BCUT2D eigenvalue weighted by Crippen LogP contribution is -2.43. The molecule has 6 nitrogen and oxygen atoms in total. The Morgan fingerprint density at radius 1 is 1.19 bits per heavy atom. The fourth-order valence-electron chi connectivity index (χ4n) is 2.08. The van der Waals surface area contributed by atoms with E-state index >= 15 is 0 Å². The molecule has 114 valence electrons. The number of β-amino-alcohol motifs (C(OH)–C–C–N with tert-alkyl or cyclic N) is 1. The summed E-state index contributed by atoms with van der Waals surface area (Å²) in [6.45, 7) is -0.0677. The molecule has 1 saturated heterocycles. The van der Waals surface area contributed by atoms with Crippen LogP contribution in [0.15, 0.2) is 12.1 Å². The molecule has 1 fully saturated rings. The van der Waals surface area contributed by atoms with Crippen LogP contribution in [0.25, 0.3) is 0 Å². The van der Waals surface area contributed by atoms with Gasteiger partial charge in [0.2, 0.25) is 0 Å². The first-order valence-electron chi connectivity index (χ1n) is 5.92. The van der Waals surface area contributed by atoms with Gasteiger partial charge in [0.1, 0.15) is 6.04 Å². The van der Waals surface area contributed by atoms with Crippen molar-refractivity contribution in [2.24, 2.45) is 0 Å².